The molecule has 0 N–H and O–H groups in total. The molecule has 0 aliphatic rings. The lowest BCUT2D eigenvalue weighted by atomic mass is 10.1. The number of carbonyl (C=O) groups is 1. The first-order valence-electron chi connectivity index (χ1n) is 6.04. The van der Waals surface area contributed by atoms with Crippen molar-refractivity contribution in [2.45, 2.75) is 13.1 Å². The first kappa shape index (κ1) is 12.5. The van der Waals surface area contributed by atoms with Crippen LogP contribution in [0.5, 0.6) is 0 Å². The average molecular weight is 239 g/mol. The minimum absolute atomic E-state index is 0.737. The molecule has 2 heteroatoms. The summed E-state index contributed by atoms with van der Waals surface area (Å²) in [4.78, 5) is 13.0. The predicted molar refractivity (Wildman–Crippen MR) is 73.4 cm³/mol. The summed E-state index contributed by atoms with van der Waals surface area (Å²) in [5.41, 5.74) is 3.20. The fraction of sp³-hybridized carbons (Fsp3) is 0.188. The largest absolute Gasteiger partial charge is 0.298 e. The molecule has 0 saturated carbocycles. The van der Waals surface area contributed by atoms with Gasteiger partial charge in [0.05, 0.1) is 0 Å². The molecular weight excluding hydrogens is 222 g/mol. The molecule has 0 fully saturated rings. The lowest BCUT2D eigenvalue weighted by Crippen LogP contribution is -2.17. The van der Waals surface area contributed by atoms with Crippen LogP contribution in [0.2, 0.25) is 0 Å². The van der Waals surface area contributed by atoms with Gasteiger partial charge in [-0.05, 0) is 24.2 Å². The predicted octanol–water partition coefficient (Wildman–Crippen LogP) is 3.13. The van der Waals surface area contributed by atoms with Crippen molar-refractivity contribution in [2.75, 3.05) is 7.05 Å². The van der Waals surface area contributed by atoms with Crippen molar-refractivity contribution in [3.05, 3.63) is 71.3 Å². The summed E-state index contributed by atoms with van der Waals surface area (Å²) in [6, 6.07) is 18.1. The smallest absolute Gasteiger partial charge is 0.150 e. The second-order valence-corrected chi connectivity index (χ2v) is 4.52. The summed E-state index contributed by atoms with van der Waals surface area (Å²) in [5, 5.41) is 0. The second kappa shape index (κ2) is 6.12. The Morgan fingerprint density at radius 2 is 1.61 bits per heavy atom. The SMILES string of the molecule is CN(Cc1ccccc1)Cc1cccc(C=O)c1. The van der Waals surface area contributed by atoms with Crippen LogP contribution in [-0.4, -0.2) is 18.2 Å². The summed E-state index contributed by atoms with van der Waals surface area (Å²) in [6.45, 7) is 1.75. The summed E-state index contributed by atoms with van der Waals surface area (Å²) in [5.74, 6) is 0. The van der Waals surface area contributed by atoms with Crippen LogP contribution in [-0.2, 0) is 13.1 Å². The van der Waals surface area contributed by atoms with Gasteiger partial charge < -0.3 is 0 Å². The fourth-order valence-electron chi connectivity index (χ4n) is 2.03. The van der Waals surface area contributed by atoms with Crippen molar-refractivity contribution in [2.24, 2.45) is 0 Å². The van der Waals surface area contributed by atoms with Gasteiger partial charge >= 0.3 is 0 Å². The van der Waals surface area contributed by atoms with E-state index in [1.54, 1.807) is 0 Å². The molecule has 0 aromatic heterocycles. The van der Waals surface area contributed by atoms with Gasteiger partial charge in [0.15, 0.2) is 0 Å². The third-order valence-corrected chi connectivity index (χ3v) is 2.83. The van der Waals surface area contributed by atoms with Crippen LogP contribution in [0.25, 0.3) is 0 Å². The van der Waals surface area contributed by atoms with Gasteiger partial charge in [-0.15, -0.1) is 0 Å². The minimum atomic E-state index is 0.737. The Morgan fingerprint density at radius 1 is 0.944 bits per heavy atom. The van der Waals surface area contributed by atoms with Gasteiger partial charge in [0.2, 0.25) is 0 Å². The minimum Gasteiger partial charge on any atom is -0.298 e. The zero-order valence-electron chi connectivity index (χ0n) is 10.5. The van der Waals surface area contributed by atoms with Crippen molar-refractivity contribution < 1.29 is 4.79 Å². The van der Waals surface area contributed by atoms with E-state index in [1.165, 1.54) is 5.56 Å². The van der Waals surface area contributed by atoms with E-state index < -0.39 is 0 Å². The standard InChI is InChI=1S/C16H17NO/c1-17(11-14-6-3-2-4-7-14)12-15-8-5-9-16(10-15)13-18/h2-10,13H,11-12H2,1H3. The Balaban J connectivity index is 1.98. The second-order valence-electron chi connectivity index (χ2n) is 4.52. The number of benzene rings is 2. The van der Waals surface area contributed by atoms with E-state index in [2.05, 4.69) is 42.3 Å². The van der Waals surface area contributed by atoms with E-state index in [1.807, 2.05) is 24.3 Å². The maximum absolute atomic E-state index is 10.7. The highest BCUT2D eigenvalue weighted by atomic mass is 16.1. The zero-order valence-corrected chi connectivity index (χ0v) is 10.5. The van der Waals surface area contributed by atoms with E-state index in [4.69, 9.17) is 0 Å². The van der Waals surface area contributed by atoms with E-state index in [0.29, 0.717) is 0 Å². The molecule has 0 bridgehead atoms. The van der Waals surface area contributed by atoms with Crippen molar-refractivity contribution in [3.8, 4) is 0 Å². The Labute approximate surface area is 108 Å². The number of aldehydes is 1. The molecule has 0 amide bonds. The van der Waals surface area contributed by atoms with Crippen LogP contribution in [0, 0.1) is 0 Å². The van der Waals surface area contributed by atoms with Crippen molar-refractivity contribution in [1.82, 2.24) is 4.90 Å². The normalized spacial score (nSPS) is 10.6. The average Bonchev–Trinajstić information content (AvgIpc) is 2.40. The molecule has 18 heavy (non-hydrogen) atoms. The van der Waals surface area contributed by atoms with Gasteiger partial charge in [-0.2, -0.15) is 0 Å². The van der Waals surface area contributed by atoms with E-state index in [9.17, 15) is 4.79 Å². The van der Waals surface area contributed by atoms with Gasteiger partial charge in [-0.1, -0.05) is 48.5 Å². The summed E-state index contributed by atoms with van der Waals surface area (Å²) in [7, 11) is 2.08. The van der Waals surface area contributed by atoms with Crippen LogP contribution in [0.1, 0.15) is 21.5 Å². The summed E-state index contributed by atoms with van der Waals surface area (Å²) < 4.78 is 0. The van der Waals surface area contributed by atoms with Crippen LogP contribution < -0.4 is 0 Å². The van der Waals surface area contributed by atoms with Crippen molar-refractivity contribution in [3.63, 3.8) is 0 Å². The highest BCUT2D eigenvalue weighted by molar-refractivity contribution is 5.74. The number of hydrogen-bond donors (Lipinski definition) is 0. The molecule has 0 spiro atoms. The maximum Gasteiger partial charge on any atom is 0.150 e. The van der Waals surface area contributed by atoms with Crippen LogP contribution in [0.3, 0.4) is 0 Å². The van der Waals surface area contributed by atoms with Crippen LogP contribution in [0.4, 0.5) is 0 Å². The molecule has 0 saturated heterocycles. The Kier molecular flexibility index (Phi) is 4.26. The number of carbonyl (C=O) groups excluding carboxylic acids is 1. The van der Waals surface area contributed by atoms with E-state index in [0.717, 1.165) is 30.5 Å². The lowest BCUT2D eigenvalue weighted by molar-refractivity contribution is 0.112. The third kappa shape index (κ3) is 3.54. The highest BCUT2D eigenvalue weighted by Gasteiger charge is 2.02. The monoisotopic (exact) mass is 239 g/mol. The molecule has 0 aliphatic heterocycles. The van der Waals surface area contributed by atoms with Gasteiger partial charge in [-0.3, -0.25) is 9.69 Å². The Bertz CT molecular complexity index is 508. The van der Waals surface area contributed by atoms with Gasteiger partial charge in [-0.25, -0.2) is 0 Å². The molecule has 2 aromatic rings. The van der Waals surface area contributed by atoms with Gasteiger partial charge in [0.25, 0.3) is 0 Å². The van der Waals surface area contributed by atoms with Crippen molar-refractivity contribution >= 4 is 6.29 Å². The van der Waals surface area contributed by atoms with Gasteiger partial charge in [0.1, 0.15) is 6.29 Å². The fourth-order valence-corrected chi connectivity index (χ4v) is 2.03. The quantitative estimate of drug-likeness (QED) is 0.747. The molecule has 2 nitrogen and oxygen atoms in total. The summed E-state index contributed by atoms with van der Waals surface area (Å²) in [6.07, 6.45) is 0.890. The number of hydrogen-bond acceptors (Lipinski definition) is 2. The third-order valence-electron chi connectivity index (χ3n) is 2.83. The van der Waals surface area contributed by atoms with Crippen LogP contribution in [0.15, 0.2) is 54.6 Å². The Morgan fingerprint density at radius 3 is 2.33 bits per heavy atom. The molecule has 0 unspecified atom stereocenters. The molecule has 0 atom stereocenters. The lowest BCUT2D eigenvalue weighted by Gasteiger charge is -2.17. The number of rotatable bonds is 5. The molecule has 2 aromatic carbocycles. The molecule has 0 heterocycles. The topological polar surface area (TPSA) is 20.3 Å². The first-order chi connectivity index (χ1) is 8.78. The van der Waals surface area contributed by atoms with Crippen molar-refractivity contribution in [1.29, 1.82) is 0 Å². The highest BCUT2D eigenvalue weighted by Crippen LogP contribution is 2.09. The summed E-state index contributed by atoms with van der Waals surface area (Å²) >= 11 is 0. The maximum atomic E-state index is 10.7. The van der Waals surface area contributed by atoms with E-state index >= 15 is 0 Å². The zero-order chi connectivity index (χ0) is 12.8. The van der Waals surface area contributed by atoms with Crippen LogP contribution >= 0.6 is 0 Å². The van der Waals surface area contributed by atoms with Gasteiger partial charge in [0, 0.05) is 18.7 Å². The molecule has 0 radical (unpaired) electrons. The first-order valence-corrected chi connectivity index (χ1v) is 6.04. The number of nitrogens with zero attached hydrogens (tertiary/aromatic N) is 1. The molecule has 2 rings (SSSR count). The molecular formula is C16H17NO. The van der Waals surface area contributed by atoms with E-state index in [-0.39, 0.29) is 0 Å². The molecule has 0 aliphatic carbocycles. The molecule has 92 valence electrons. The Hall–Kier alpha value is -1.93.